The summed E-state index contributed by atoms with van der Waals surface area (Å²) in [4.78, 5) is 4.44. The van der Waals surface area contributed by atoms with Crippen LogP contribution in [0.4, 0.5) is 0 Å². The Kier molecular flexibility index (Phi) is 3.39. The first-order valence-corrected chi connectivity index (χ1v) is 7.84. The van der Waals surface area contributed by atoms with Crippen LogP contribution in [0.5, 0.6) is 0 Å². The fourth-order valence-electron chi connectivity index (χ4n) is 2.45. The standard InChI is InChI=1S/C15H13Cl2N5/c16-13-4-3-12(7-14(13)17)22-9-11(19-20-22)8-21-6-5-18-15(21)10-1-2-10/h3-7,9-10H,1-2,8H2. The van der Waals surface area contributed by atoms with Crippen molar-refractivity contribution in [3.63, 3.8) is 0 Å². The highest BCUT2D eigenvalue weighted by Gasteiger charge is 2.27. The van der Waals surface area contributed by atoms with E-state index >= 15 is 0 Å². The van der Waals surface area contributed by atoms with Gasteiger partial charge in [-0.1, -0.05) is 28.4 Å². The molecule has 0 saturated heterocycles. The van der Waals surface area contributed by atoms with Gasteiger partial charge in [0.1, 0.15) is 11.5 Å². The first-order chi connectivity index (χ1) is 10.7. The van der Waals surface area contributed by atoms with Crippen LogP contribution in [-0.4, -0.2) is 24.5 Å². The van der Waals surface area contributed by atoms with Crippen molar-refractivity contribution in [1.29, 1.82) is 0 Å². The molecule has 5 nitrogen and oxygen atoms in total. The monoisotopic (exact) mass is 333 g/mol. The zero-order chi connectivity index (χ0) is 15.1. The van der Waals surface area contributed by atoms with Crippen LogP contribution in [0.1, 0.15) is 30.3 Å². The van der Waals surface area contributed by atoms with Crippen LogP contribution in [0.3, 0.4) is 0 Å². The van der Waals surface area contributed by atoms with Crippen molar-refractivity contribution >= 4 is 23.2 Å². The number of halogens is 2. The van der Waals surface area contributed by atoms with Crippen molar-refractivity contribution in [1.82, 2.24) is 24.5 Å². The molecule has 2 aromatic heterocycles. The largest absolute Gasteiger partial charge is 0.329 e. The Bertz CT molecular complexity index is 819. The smallest absolute Gasteiger partial charge is 0.112 e. The van der Waals surface area contributed by atoms with Gasteiger partial charge in [0, 0.05) is 18.3 Å². The molecule has 1 aliphatic carbocycles. The van der Waals surface area contributed by atoms with E-state index in [-0.39, 0.29) is 0 Å². The fourth-order valence-corrected chi connectivity index (χ4v) is 2.75. The minimum atomic E-state index is 0.502. The molecule has 1 aliphatic rings. The van der Waals surface area contributed by atoms with E-state index in [2.05, 4.69) is 19.9 Å². The third-order valence-electron chi connectivity index (χ3n) is 3.73. The molecule has 22 heavy (non-hydrogen) atoms. The molecule has 1 fully saturated rings. The van der Waals surface area contributed by atoms with Gasteiger partial charge in [-0.05, 0) is 31.0 Å². The third kappa shape index (κ3) is 2.62. The Balaban J connectivity index is 1.58. The summed E-state index contributed by atoms with van der Waals surface area (Å²) in [6.07, 6.45) is 8.19. The lowest BCUT2D eigenvalue weighted by molar-refractivity contribution is 0.706. The molecule has 0 radical (unpaired) electrons. The van der Waals surface area contributed by atoms with Crippen LogP contribution in [0, 0.1) is 0 Å². The van der Waals surface area contributed by atoms with E-state index in [1.165, 1.54) is 12.8 Å². The quantitative estimate of drug-likeness (QED) is 0.731. The molecule has 0 amide bonds. The van der Waals surface area contributed by atoms with E-state index in [1.54, 1.807) is 16.8 Å². The maximum atomic E-state index is 6.04. The lowest BCUT2D eigenvalue weighted by Gasteiger charge is -2.04. The van der Waals surface area contributed by atoms with Crippen LogP contribution >= 0.6 is 23.2 Å². The summed E-state index contributed by atoms with van der Waals surface area (Å²) in [5.74, 6) is 1.75. The van der Waals surface area contributed by atoms with Crippen LogP contribution in [0.25, 0.3) is 5.69 Å². The molecule has 3 aromatic rings. The van der Waals surface area contributed by atoms with Gasteiger partial charge in [0.25, 0.3) is 0 Å². The van der Waals surface area contributed by atoms with E-state index in [4.69, 9.17) is 23.2 Å². The van der Waals surface area contributed by atoms with Gasteiger partial charge in [-0.15, -0.1) is 5.10 Å². The molecule has 7 heteroatoms. The van der Waals surface area contributed by atoms with Gasteiger partial charge < -0.3 is 4.57 Å². The molecule has 4 rings (SSSR count). The van der Waals surface area contributed by atoms with Gasteiger partial charge >= 0.3 is 0 Å². The summed E-state index contributed by atoms with van der Waals surface area (Å²) < 4.78 is 3.84. The zero-order valence-electron chi connectivity index (χ0n) is 11.7. The van der Waals surface area contributed by atoms with Crippen LogP contribution < -0.4 is 0 Å². The second kappa shape index (κ2) is 5.41. The van der Waals surface area contributed by atoms with Crippen LogP contribution in [0.2, 0.25) is 10.0 Å². The normalized spacial score (nSPS) is 14.5. The number of hydrogen-bond acceptors (Lipinski definition) is 3. The molecule has 0 spiro atoms. The lowest BCUT2D eigenvalue weighted by Crippen LogP contribution is -2.03. The Morgan fingerprint density at radius 1 is 1.18 bits per heavy atom. The van der Waals surface area contributed by atoms with Gasteiger partial charge in [-0.25, -0.2) is 9.67 Å². The topological polar surface area (TPSA) is 48.5 Å². The lowest BCUT2D eigenvalue weighted by atomic mass is 10.3. The van der Waals surface area contributed by atoms with E-state index in [9.17, 15) is 0 Å². The zero-order valence-corrected chi connectivity index (χ0v) is 13.2. The van der Waals surface area contributed by atoms with E-state index in [0.717, 1.165) is 17.2 Å². The van der Waals surface area contributed by atoms with Crippen molar-refractivity contribution in [3.05, 3.63) is 58.4 Å². The third-order valence-corrected chi connectivity index (χ3v) is 4.47. The second-order valence-corrected chi connectivity index (χ2v) is 6.25. The predicted molar refractivity (Wildman–Crippen MR) is 84.7 cm³/mol. The molecule has 2 heterocycles. The SMILES string of the molecule is Clc1ccc(-n2cc(Cn3ccnc3C3CC3)nn2)cc1Cl. The Hall–Kier alpha value is -1.85. The molecule has 112 valence electrons. The van der Waals surface area contributed by atoms with Crippen LogP contribution in [0.15, 0.2) is 36.8 Å². The fraction of sp³-hybridized carbons (Fsp3) is 0.267. The highest BCUT2D eigenvalue weighted by atomic mass is 35.5. The Morgan fingerprint density at radius 3 is 2.82 bits per heavy atom. The summed E-state index contributed by atoms with van der Waals surface area (Å²) >= 11 is 12.0. The molecule has 1 saturated carbocycles. The number of aromatic nitrogens is 5. The number of benzene rings is 1. The highest BCUT2D eigenvalue weighted by molar-refractivity contribution is 6.42. The molecule has 1 aromatic carbocycles. The second-order valence-electron chi connectivity index (χ2n) is 5.44. The number of imidazole rings is 1. The first-order valence-electron chi connectivity index (χ1n) is 7.08. The summed E-state index contributed by atoms with van der Waals surface area (Å²) in [6, 6.07) is 5.39. The summed E-state index contributed by atoms with van der Waals surface area (Å²) in [6.45, 7) is 0.674. The van der Waals surface area contributed by atoms with Crippen molar-refractivity contribution in [2.75, 3.05) is 0 Å². The molecular formula is C15H13Cl2N5. The first kappa shape index (κ1) is 13.8. The molecule has 0 aliphatic heterocycles. The molecule has 0 bridgehead atoms. The van der Waals surface area contributed by atoms with E-state index in [0.29, 0.717) is 22.5 Å². The summed E-state index contributed by atoms with van der Waals surface area (Å²) in [7, 11) is 0. The molecule has 0 unspecified atom stereocenters. The Morgan fingerprint density at radius 2 is 2.05 bits per heavy atom. The number of rotatable bonds is 4. The minimum absolute atomic E-state index is 0.502. The van der Waals surface area contributed by atoms with Gasteiger partial charge in [-0.2, -0.15) is 0 Å². The van der Waals surface area contributed by atoms with Gasteiger partial charge in [0.2, 0.25) is 0 Å². The maximum absolute atomic E-state index is 6.04. The average molecular weight is 334 g/mol. The van der Waals surface area contributed by atoms with Gasteiger partial charge in [0.15, 0.2) is 0 Å². The predicted octanol–water partition coefficient (Wildman–Crippen LogP) is 3.70. The Labute approximate surface area is 137 Å². The molecule has 0 atom stereocenters. The summed E-state index contributed by atoms with van der Waals surface area (Å²) in [5.41, 5.74) is 1.71. The van der Waals surface area contributed by atoms with E-state index < -0.39 is 0 Å². The number of nitrogens with zero attached hydrogens (tertiary/aromatic N) is 5. The maximum Gasteiger partial charge on any atom is 0.112 e. The minimum Gasteiger partial charge on any atom is -0.329 e. The van der Waals surface area contributed by atoms with Crippen LogP contribution in [-0.2, 0) is 6.54 Å². The van der Waals surface area contributed by atoms with Gasteiger partial charge in [0.05, 0.1) is 28.5 Å². The molecule has 0 N–H and O–H groups in total. The summed E-state index contributed by atoms with van der Waals surface area (Å²) in [5, 5.41) is 9.42. The van der Waals surface area contributed by atoms with Crippen molar-refractivity contribution in [2.24, 2.45) is 0 Å². The average Bonchev–Trinajstić information content (AvgIpc) is 3.07. The van der Waals surface area contributed by atoms with Crippen molar-refractivity contribution < 1.29 is 0 Å². The van der Waals surface area contributed by atoms with Crippen molar-refractivity contribution in [3.8, 4) is 5.69 Å². The van der Waals surface area contributed by atoms with Crippen molar-refractivity contribution in [2.45, 2.75) is 25.3 Å². The highest BCUT2D eigenvalue weighted by Crippen LogP contribution is 2.39. The van der Waals surface area contributed by atoms with Gasteiger partial charge in [-0.3, -0.25) is 0 Å². The molecular weight excluding hydrogens is 321 g/mol. The van der Waals surface area contributed by atoms with E-state index in [1.807, 2.05) is 24.7 Å². The number of hydrogen-bond donors (Lipinski definition) is 0.